The van der Waals surface area contributed by atoms with Gasteiger partial charge >= 0.3 is 0 Å². The van der Waals surface area contributed by atoms with Gasteiger partial charge in [0.15, 0.2) is 5.76 Å². The molecule has 0 aliphatic carbocycles. The monoisotopic (exact) mass is 397 g/mol. The third-order valence-electron chi connectivity index (χ3n) is 4.76. The van der Waals surface area contributed by atoms with Crippen molar-refractivity contribution in [1.29, 1.82) is 0 Å². The topological polar surface area (TPSA) is 57.9 Å². The third-order valence-corrected chi connectivity index (χ3v) is 4.76. The molecule has 4 aromatic rings. The smallest absolute Gasteiger partial charge is 0.153 e. The van der Waals surface area contributed by atoms with E-state index in [9.17, 15) is 0 Å². The van der Waals surface area contributed by atoms with Crippen LogP contribution in [0.1, 0.15) is 11.3 Å². The fraction of sp³-hybridized carbons (Fsp3) is 0.0833. The van der Waals surface area contributed by atoms with Gasteiger partial charge in [0.25, 0.3) is 0 Å². The van der Waals surface area contributed by atoms with Gasteiger partial charge in [-0.2, -0.15) is 0 Å². The Morgan fingerprint density at radius 2 is 1.80 bits per heavy atom. The lowest BCUT2D eigenvalue weighted by molar-refractivity contribution is 0.217. The van der Waals surface area contributed by atoms with Crippen molar-refractivity contribution in [3.8, 4) is 17.2 Å². The lowest BCUT2D eigenvalue weighted by atomic mass is 10.0. The zero-order chi connectivity index (χ0) is 20.3. The molecule has 6 heteroatoms. The predicted molar refractivity (Wildman–Crippen MR) is 115 cm³/mol. The lowest BCUT2D eigenvalue weighted by Gasteiger charge is -2.20. The summed E-state index contributed by atoms with van der Waals surface area (Å²) in [6.45, 7) is 5.05. The molecule has 4 heterocycles. The highest BCUT2D eigenvalue weighted by Crippen LogP contribution is 2.37. The van der Waals surface area contributed by atoms with Gasteiger partial charge in [0.1, 0.15) is 36.2 Å². The van der Waals surface area contributed by atoms with Gasteiger partial charge in [0.05, 0.1) is 6.33 Å². The molecule has 6 nitrogen and oxygen atoms in total. The molecule has 0 atom stereocenters. The number of pyridine rings is 1. The second kappa shape index (κ2) is 7.75. The van der Waals surface area contributed by atoms with Crippen LogP contribution in [0.4, 0.5) is 0 Å². The summed E-state index contributed by atoms with van der Waals surface area (Å²) in [4.78, 5) is 8.45. The molecule has 0 unspecified atom stereocenters. The van der Waals surface area contributed by atoms with E-state index in [1.165, 1.54) is 0 Å². The Balaban J connectivity index is 1.27. The van der Waals surface area contributed by atoms with Crippen molar-refractivity contribution < 1.29 is 14.2 Å². The van der Waals surface area contributed by atoms with E-state index >= 15 is 0 Å². The Hall–Kier alpha value is -4.06. The maximum absolute atomic E-state index is 6.09. The van der Waals surface area contributed by atoms with Crippen molar-refractivity contribution in [2.24, 2.45) is 0 Å². The molecule has 0 fully saturated rings. The van der Waals surface area contributed by atoms with Crippen LogP contribution in [0.15, 0.2) is 86.1 Å². The zero-order valence-electron chi connectivity index (χ0n) is 16.2. The minimum atomic E-state index is 0.427. The molecule has 5 rings (SSSR count). The number of hydrogen-bond acceptors (Lipinski definition) is 5. The minimum absolute atomic E-state index is 0.427. The molecule has 3 aromatic heterocycles. The van der Waals surface area contributed by atoms with E-state index in [1.807, 2.05) is 65.2 Å². The van der Waals surface area contributed by atoms with Crippen molar-refractivity contribution >= 4 is 16.8 Å². The number of aromatic nitrogens is 3. The average Bonchev–Trinajstić information content (AvgIpc) is 3.25. The molecule has 1 aliphatic heterocycles. The Kier molecular flexibility index (Phi) is 4.65. The molecule has 0 N–H and O–H groups in total. The van der Waals surface area contributed by atoms with Gasteiger partial charge in [0, 0.05) is 29.7 Å². The van der Waals surface area contributed by atoms with E-state index in [-0.39, 0.29) is 0 Å². The van der Waals surface area contributed by atoms with Crippen LogP contribution in [0.2, 0.25) is 0 Å². The second-order valence-corrected chi connectivity index (χ2v) is 6.79. The summed E-state index contributed by atoms with van der Waals surface area (Å²) < 4.78 is 19.5. The minimum Gasteiger partial charge on any atom is -0.490 e. The van der Waals surface area contributed by atoms with Crippen LogP contribution in [0.3, 0.4) is 0 Å². The zero-order valence-corrected chi connectivity index (χ0v) is 16.2. The van der Waals surface area contributed by atoms with Gasteiger partial charge in [-0.25, -0.2) is 4.98 Å². The first-order valence-corrected chi connectivity index (χ1v) is 9.58. The number of nitrogens with zero attached hydrogens (tertiary/aromatic N) is 3. The number of allylic oxidation sites excluding steroid dienone is 2. The van der Waals surface area contributed by atoms with Crippen LogP contribution in [0.5, 0.6) is 17.2 Å². The largest absolute Gasteiger partial charge is 0.490 e. The number of rotatable bonds is 6. The molecule has 0 saturated heterocycles. The van der Waals surface area contributed by atoms with E-state index in [4.69, 9.17) is 14.2 Å². The van der Waals surface area contributed by atoms with Crippen molar-refractivity contribution in [3.63, 3.8) is 0 Å². The van der Waals surface area contributed by atoms with Gasteiger partial charge < -0.3 is 18.6 Å². The number of benzene rings is 1. The molecule has 148 valence electrons. The summed E-state index contributed by atoms with van der Waals surface area (Å²) in [5.41, 5.74) is 3.57. The Labute approximate surface area is 173 Å². The molecule has 0 spiro atoms. The number of fused-ring (bicyclic) bond motifs is 2. The van der Waals surface area contributed by atoms with E-state index in [0.29, 0.717) is 19.0 Å². The summed E-state index contributed by atoms with van der Waals surface area (Å²) >= 11 is 0. The standard InChI is InChI=1S/C24H19N3O3/c1-17-13-24(22-14-18-3-2-10-27(18)16-26-22)30-23-5-4-20(15-21(17)23)29-12-11-28-19-6-8-25-9-7-19/h2-10,13-16H,1,11-12H2. The van der Waals surface area contributed by atoms with E-state index in [0.717, 1.165) is 39.6 Å². The summed E-state index contributed by atoms with van der Waals surface area (Å²) in [5, 5.41) is 0. The molecule has 30 heavy (non-hydrogen) atoms. The van der Waals surface area contributed by atoms with Crippen LogP contribution in [0, 0.1) is 0 Å². The summed E-state index contributed by atoms with van der Waals surface area (Å²) in [5.74, 6) is 2.91. The molecule has 0 saturated carbocycles. The van der Waals surface area contributed by atoms with Gasteiger partial charge in [-0.05, 0) is 60.2 Å². The maximum atomic E-state index is 6.09. The van der Waals surface area contributed by atoms with Crippen LogP contribution >= 0.6 is 0 Å². The second-order valence-electron chi connectivity index (χ2n) is 6.79. The van der Waals surface area contributed by atoms with Crippen LogP contribution in [-0.4, -0.2) is 27.6 Å². The SMILES string of the molecule is C=C1C=C(c2cc3cccn3cn2)Oc2ccc(OCCOc3ccncc3)cc21. The van der Waals surface area contributed by atoms with E-state index < -0.39 is 0 Å². The maximum Gasteiger partial charge on any atom is 0.153 e. The van der Waals surface area contributed by atoms with Gasteiger partial charge in [0.2, 0.25) is 0 Å². The Bertz CT molecular complexity index is 1250. The lowest BCUT2D eigenvalue weighted by Crippen LogP contribution is -2.10. The molecule has 0 radical (unpaired) electrons. The first kappa shape index (κ1) is 18.0. The summed E-state index contributed by atoms with van der Waals surface area (Å²) in [6.07, 6.45) is 9.03. The van der Waals surface area contributed by atoms with Crippen molar-refractivity contribution in [1.82, 2.24) is 14.4 Å². The van der Waals surface area contributed by atoms with E-state index in [2.05, 4.69) is 16.5 Å². The van der Waals surface area contributed by atoms with Gasteiger partial charge in [-0.15, -0.1) is 0 Å². The summed E-state index contributed by atoms with van der Waals surface area (Å²) in [6, 6.07) is 15.3. The highest BCUT2D eigenvalue weighted by atomic mass is 16.5. The first-order chi connectivity index (χ1) is 14.8. The Morgan fingerprint density at radius 3 is 2.67 bits per heavy atom. The highest BCUT2D eigenvalue weighted by Gasteiger charge is 2.19. The molecular formula is C24H19N3O3. The van der Waals surface area contributed by atoms with Gasteiger partial charge in [-0.3, -0.25) is 4.98 Å². The number of ether oxygens (including phenoxy) is 3. The summed E-state index contributed by atoms with van der Waals surface area (Å²) in [7, 11) is 0. The predicted octanol–water partition coefficient (Wildman–Crippen LogP) is 4.63. The van der Waals surface area contributed by atoms with Crippen LogP contribution < -0.4 is 14.2 Å². The van der Waals surface area contributed by atoms with Crippen molar-refractivity contribution in [2.75, 3.05) is 13.2 Å². The highest BCUT2D eigenvalue weighted by molar-refractivity contribution is 5.87. The van der Waals surface area contributed by atoms with Crippen molar-refractivity contribution in [3.05, 3.63) is 97.4 Å². The fourth-order valence-electron chi connectivity index (χ4n) is 3.27. The van der Waals surface area contributed by atoms with Gasteiger partial charge in [-0.1, -0.05) is 6.58 Å². The number of hydrogen-bond donors (Lipinski definition) is 0. The first-order valence-electron chi connectivity index (χ1n) is 9.58. The average molecular weight is 397 g/mol. The van der Waals surface area contributed by atoms with Crippen molar-refractivity contribution in [2.45, 2.75) is 0 Å². The molecular weight excluding hydrogens is 378 g/mol. The third kappa shape index (κ3) is 3.63. The van der Waals surface area contributed by atoms with Crippen LogP contribution in [-0.2, 0) is 0 Å². The fourth-order valence-corrected chi connectivity index (χ4v) is 3.27. The quantitative estimate of drug-likeness (QED) is 0.444. The van der Waals surface area contributed by atoms with Crippen LogP contribution in [0.25, 0.3) is 16.8 Å². The molecule has 1 aliphatic rings. The van der Waals surface area contributed by atoms with E-state index in [1.54, 1.807) is 18.7 Å². The molecule has 1 aromatic carbocycles. The molecule has 0 amide bonds. The normalized spacial score (nSPS) is 12.8. The Morgan fingerprint density at radius 1 is 0.967 bits per heavy atom. The molecule has 0 bridgehead atoms.